The standard InChI is InChI=1S/C13H15ClN2O/c1-8-4-5-11(6-13(8)14)16-10(3)12(7-17)9(2)15-16/h4-6,17H,7H2,1-3H3. The second kappa shape index (κ2) is 4.51. The first-order valence-electron chi connectivity index (χ1n) is 5.47. The maximum atomic E-state index is 9.28. The summed E-state index contributed by atoms with van der Waals surface area (Å²) in [6.07, 6.45) is 0. The third-order valence-corrected chi connectivity index (χ3v) is 3.41. The number of rotatable bonds is 2. The number of aliphatic hydroxyl groups is 1. The first-order chi connectivity index (χ1) is 8.04. The molecule has 0 radical (unpaired) electrons. The van der Waals surface area contributed by atoms with Gasteiger partial charge in [-0.15, -0.1) is 0 Å². The Hall–Kier alpha value is -1.32. The van der Waals surface area contributed by atoms with E-state index in [1.165, 1.54) is 0 Å². The van der Waals surface area contributed by atoms with Crippen LogP contribution in [0.1, 0.15) is 22.5 Å². The molecule has 0 saturated carbocycles. The normalized spacial score (nSPS) is 10.9. The van der Waals surface area contributed by atoms with Gasteiger partial charge in [-0.3, -0.25) is 0 Å². The summed E-state index contributed by atoms with van der Waals surface area (Å²) in [7, 11) is 0. The predicted octanol–water partition coefficient (Wildman–Crippen LogP) is 2.94. The van der Waals surface area contributed by atoms with E-state index in [2.05, 4.69) is 5.10 Å². The molecule has 0 spiro atoms. The molecule has 0 fully saturated rings. The largest absolute Gasteiger partial charge is 0.392 e. The fourth-order valence-corrected chi connectivity index (χ4v) is 2.04. The molecule has 1 aromatic heterocycles. The zero-order valence-corrected chi connectivity index (χ0v) is 10.9. The molecule has 0 aliphatic rings. The van der Waals surface area contributed by atoms with Gasteiger partial charge in [0.15, 0.2) is 0 Å². The highest BCUT2D eigenvalue weighted by atomic mass is 35.5. The molecule has 3 nitrogen and oxygen atoms in total. The zero-order valence-electron chi connectivity index (χ0n) is 10.2. The lowest BCUT2D eigenvalue weighted by Gasteiger charge is -2.06. The van der Waals surface area contributed by atoms with Crippen molar-refractivity contribution < 1.29 is 5.11 Å². The minimum atomic E-state index is 0.0112. The van der Waals surface area contributed by atoms with Crippen molar-refractivity contribution in [3.8, 4) is 5.69 Å². The van der Waals surface area contributed by atoms with Gasteiger partial charge < -0.3 is 5.11 Å². The summed E-state index contributed by atoms with van der Waals surface area (Å²) in [6, 6.07) is 5.83. The highest BCUT2D eigenvalue weighted by Gasteiger charge is 2.12. The first kappa shape index (κ1) is 12.1. The van der Waals surface area contributed by atoms with Crippen molar-refractivity contribution in [2.45, 2.75) is 27.4 Å². The molecular formula is C13H15ClN2O. The van der Waals surface area contributed by atoms with Crippen LogP contribution in [0.4, 0.5) is 0 Å². The SMILES string of the molecule is Cc1ccc(-n2nc(C)c(CO)c2C)cc1Cl. The summed E-state index contributed by atoms with van der Waals surface area (Å²) in [4.78, 5) is 0. The molecule has 0 aliphatic carbocycles. The molecular weight excluding hydrogens is 236 g/mol. The summed E-state index contributed by atoms with van der Waals surface area (Å²) < 4.78 is 1.81. The molecule has 17 heavy (non-hydrogen) atoms. The predicted molar refractivity (Wildman–Crippen MR) is 68.7 cm³/mol. The Morgan fingerprint density at radius 2 is 2.00 bits per heavy atom. The summed E-state index contributed by atoms with van der Waals surface area (Å²) in [6.45, 7) is 5.81. The Morgan fingerprint density at radius 1 is 1.29 bits per heavy atom. The Bertz CT molecular complexity index is 561. The molecule has 0 bridgehead atoms. The van der Waals surface area contributed by atoms with Crippen molar-refractivity contribution in [2.24, 2.45) is 0 Å². The molecule has 90 valence electrons. The van der Waals surface area contributed by atoms with Gasteiger partial charge in [-0.1, -0.05) is 17.7 Å². The zero-order chi connectivity index (χ0) is 12.6. The third kappa shape index (κ3) is 2.08. The smallest absolute Gasteiger partial charge is 0.0718 e. The molecule has 0 unspecified atom stereocenters. The van der Waals surface area contributed by atoms with Gasteiger partial charge in [-0.25, -0.2) is 4.68 Å². The van der Waals surface area contributed by atoms with Crippen LogP contribution in [-0.4, -0.2) is 14.9 Å². The van der Waals surface area contributed by atoms with Crippen molar-refractivity contribution in [3.05, 3.63) is 45.7 Å². The number of hydrogen-bond donors (Lipinski definition) is 1. The molecule has 2 aromatic rings. The van der Waals surface area contributed by atoms with Crippen LogP contribution in [0.2, 0.25) is 5.02 Å². The Kier molecular flexibility index (Phi) is 3.22. The van der Waals surface area contributed by atoms with Crippen LogP contribution in [0.5, 0.6) is 0 Å². The van der Waals surface area contributed by atoms with E-state index in [1.807, 2.05) is 43.7 Å². The van der Waals surface area contributed by atoms with Gasteiger partial charge in [-0.2, -0.15) is 5.10 Å². The van der Waals surface area contributed by atoms with Crippen LogP contribution >= 0.6 is 11.6 Å². The Balaban J connectivity index is 2.57. The highest BCUT2D eigenvalue weighted by Crippen LogP contribution is 2.22. The summed E-state index contributed by atoms with van der Waals surface area (Å²) in [5.74, 6) is 0. The van der Waals surface area contributed by atoms with Gasteiger partial charge in [0.25, 0.3) is 0 Å². The lowest BCUT2D eigenvalue weighted by Crippen LogP contribution is -2.00. The van der Waals surface area contributed by atoms with Gasteiger partial charge in [0.1, 0.15) is 0 Å². The summed E-state index contributed by atoms with van der Waals surface area (Å²) in [5, 5.41) is 14.4. The Labute approximate surface area is 106 Å². The van der Waals surface area contributed by atoms with Gasteiger partial charge in [0.05, 0.1) is 18.0 Å². The fourth-order valence-electron chi connectivity index (χ4n) is 1.87. The number of hydrogen-bond acceptors (Lipinski definition) is 2. The quantitative estimate of drug-likeness (QED) is 0.890. The number of halogens is 1. The first-order valence-corrected chi connectivity index (χ1v) is 5.85. The fraction of sp³-hybridized carbons (Fsp3) is 0.308. The van der Waals surface area contributed by atoms with E-state index in [9.17, 15) is 5.11 Å². The molecule has 1 aromatic carbocycles. The molecule has 0 saturated heterocycles. The topological polar surface area (TPSA) is 38.0 Å². The van der Waals surface area contributed by atoms with Crippen molar-refractivity contribution in [1.29, 1.82) is 0 Å². The maximum Gasteiger partial charge on any atom is 0.0718 e. The van der Waals surface area contributed by atoms with Crippen LogP contribution < -0.4 is 0 Å². The minimum Gasteiger partial charge on any atom is -0.392 e. The third-order valence-electron chi connectivity index (χ3n) is 3.00. The average molecular weight is 251 g/mol. The van der Waals surface area contributed by atoms with Crippen LogP contribution in [0.3, 0.4) is 0 Å². The number of benzene rings is 1. The summed E-state index contributed by atoms with van der Waals surface area (Å²) in [5.41, 5.74) is 4.63. The van der Waals surface area contributed by atoms with Crippen molar-refractivity contribution in [3.63, 3.8) is 0 Å². The molecule has 2 rings (SSSR count). The lowest BCUT2D eigenvalue weighted by atomic mass is 10.2. The highest BCUT2D eigenvalue weighted by molar-refractivity contribution is 6.31. The van der Waals surface area contributed by atoms with Gasteiger partial charge in [0, 0.05) is 16.3 Å². The Morgan fingerprint density at radius 3 is 2.53 bits per heavy atom. The molecule has 0 aliphatic heterocycles. The second-order valence-corrected chi connectivity index (χ2v) is 4.56. The van der Waals surface area contributed by atoms with Crippen LogP contribution in [0.15, 0.2) is 18.2 Å². The van der Waals surface area contributed by atoms with Crippen LogP contribution in [-0.2, 0) is 6.61 Å². The molecule has 0 atom stereocenters. The maximum absolute atomic E-state index is 9.28. The average Bonchev–Trinajstić information content (AvgIpc) is 2.58. The van der Waals surface area contributed by atoms with Crippen molar-refractivity contribution in [2.75, 3.05) is 0 Å². The molecule has 1 N–H and O–H groups in total. The molecule has 0 amide bonds. The number of aromatic nitrogens is 2. The van der Waals surface area contributed by atoms with Gasteiger partial charge in [-0.05, 0) is 38.5 Å². The van der Waals surface area contributed by atoms with Gasteiger partial charge >= 0.3 is 0 Å². The van der Waals surface area contributed by atoms with E-state index in [1.54, 1.807) is 0 Å². The molecule has 4 heteroatoms. The van der Waals surface area contributed by atoms with Crippen molar-refractivity contribution in [1.82, 2.24) is 9.78 Å². The molecule has 1 heterocycles. The van der Waals surface area contributed by atoms with Crippen molar-refractivity contribution >= 4 is 11.6 Å². The number of aryl methyl sites for hydroxylation is 2. The lowest BCUT2D eigenvalue weighted by molar-refractivity contribution is 0.280. The van der Waals surface area contributed by atoms with Crippen LogP contribution in [0, 0.1) is 20.8 Å². The summed E-state index contributed by atoms with van der Waals surface area (Å²) >= 11 is 6.11. The van der Waals surface area contributed by atoms with E-state index >= 15 is 0 Å². The van der Waals surface area contributed by atoms with E-state index in [0.717, 1.165) is 33.2 Å². The number of aliphatic hydroxyl groups excluding tert-OH is 1. The van der Waals surface area contributed by atoms with E-state index < -0.39 is 0 Å². The van der Waals surface area contributed by atoms with Gasteiger partial charge in [0.2, 0.25) is 0 Å². The monoisotopic (exact) mass is 250 g/mol. The van der Waals surface area contributed by atoms with E-state index in [0.29, 0.717) is 0 Å². The van der Waals surface area contributed by atoms with Crippen LogP contribution in [0.25, 0.3) is 5.69 Å². The van der Waals surface area contributed by atoms with E-state index in [-0.39, 0.29) is 6.61 Å². The number of nitrogens with zero attached hydrogens (tertiary/aromatic N) is 2. The van der Waals surface area contributed by atoms with E-state index in [4.69, 9.17) is 11.6 Å². The second-order valence-electron chi connectivity index (χ2n) is 4.15. The minimum absolute atomic E-state index is 0.0112.